The molecule has 30 heavy (non-hydrogen) atoms. The molecule has 1 atom stereocenters. The van der Waals surface area contributed by atoms with E-state index in [1.54, 1.807) is 31.7 Å². The van der Waals surface area contributed by atoms with Crippen LogP contribution in [-0.4, -0.2) is 72.5 Å². The molecule has 0 bridgehead atoms. The molecule has 1 aliphatic heterocycles. The largest absolute Gasteiger partial charge is 0.490 e. The van der Waals surface area contributed by atoms with Gasteiger partial charge in [-0.3, -0.25) is 4.79 Å². The number of hydrogen-bond acceptors (Lipinski definition) is 6. The van der Waals surface area contributed by atoms with Gasteiger partial charge in [0.25, 0.3) is 0 Å². The van der Waals surface area contributed by atoms with Gasteiger partial charge in [-0.2, -0.15) is 0 Å². The van der Waals surface area contributed by atoms with Crippen molar-refractivity contribution in [1.29, 1.82) is 0 Å². The second-order valence-electron chi connectivity index (χ2n) is 7.80. The number of amides is 2. The number of ether oxygens (including phenoxy) is 3. The predicted molar refractivity (Wildman–Crippen MR) is 112 cm³/mol. The predicted octanol–water partition coefficient (Wildman–Crippen LogP) is 2.67. The van der Waals surface area contributed by atoms with Crippen LogP contribution in [0.25, 0.3) is 0 Å². The Hall–Kier alpha value is -2.33. The zero-order valence-corrected chi connectivity index (χ0v) is 18.9. The lowest BCUT2D eigenvalue weighted by Gasteiger charge is -2.29. The number of benzene rings is 1. The fourth-order valence-corrected chi connectivity index (χ4v) is 3.10. The summed E-state index contributed by atoms with van der Waals surface area (Å²) in [6, 6.07) is 3.82. The van der Waals surface area contributed by atoms with Crippen LogP contribution in [0.2, 0.25) is 0 Å². The van der Waals surface area contributed by atoms with E-state index in [4.69, 9.17) is 14.2 Å². The van der Waals surface area contributed by atoms with Gasteiger partial charge in [0, 0.05) is 17.6 Å². The van der Waals surface area contributed by atoms with Gasteiger partial charge in [-0.15, -0.1) is 0 Å². The van der Waals surface area contributed by atoms with Crippen molar-refractivity contribution in [2.75, 3.05) is 32.9 Å². The number of carboxylic acid groups (broad SMARTS) is 1. The quantitative estimate of drug-likeness (QED) is 0.608. The Morgan fingerprint density at radius 1 is 1.27 bits per heavy atom. The maximum Gasteiger partial charge on any atom is 0.408 e. The number of hydrogen-bond donors (Lipinski definition) is 2. The molecule has 0 spiro atoms. The molecule has 1 aromatic carbocycles. The van der Waals surface area contributed by atoms with E-state index < -0.39 is 23.7 Å². The summed E-state index contributed by atoms with van der Waals surface area (Å²) in [6.45, 7) is 6.99. The highest BCUT2D eigenvalue weighted by molar-refractivity contribution is 9.10. The van der Waals surface area contributed by atoms with Gasteiger partial charge in [0.05, 0.1) is 25.7 Å². The van der Waals surface area contributed by atoms with E-state index >= 15 is 0 Å². The molecular weight excluding hydrogens is 460 g/mol. The summed E-state index contributed by atoms with van der Waals surface area (Å²) in [5.41, 5.74) is -0.724. The summed E-state index contributed by atoms with van der Waals surface area (Å²) in [4.78, 5) is 38.0. The van der Waals surface area contributed by atoms with Crippen LogP contribution in [0.5, 0.6) is 5.75 Å². The van der Waals surface area contributed by atoms with E-state index in [2.05, 4.69) is 21.2 Å². The molecule has 1 aromatic rings. The number of morpholine rings is 1. The molecule has 2 amide bonds. The average molecular weight is 487 g/mol. The first kappa shape index (κ1) is 23.9. The van der Waals surface area contributed by atoms with Crippen LogP contribution in [0.4, 0.5) is 4.79 Å². The molecule has 1 saturated heterocycles. The Kier molecular flexibility index (Phi) is 8.48. The molecule has 1 fully saturated rings. The lowest BCUT2D eigenvalue weighted by Crippen LogP contribution is -2.47. The van der Waals surface area contributed by atoms with Crippen molar-refractivity contribution < 1.29 is 33.7 Å². The lowest BCUT2D eigenvalue weighted by atomic mass is 10.1. The van der Waals surface area contributed by atoms with Crippen molar-refractivity contribution in [3.8, 4) is 5.75 Å². The molecule has 1 heterocycles. The van der Waals surface area contributed by atoms with E-state index in [0.717, 1.165) is 0 Å². The zero-order valence-electron chi connectivity index (χ0n) is 17.3. The highest BCUT2D eigenvalue weighted by Gasteiger charge is 2.26. The molecular formula is C20H27BrN2O7. The molecule has 9 nitrogen and oxygen atoms in total. The fraction of sp³-hybridized carbons (Fsp3) is 0.550. The minimum Gasteiger partial charge on any atom is -0.490 e. The number of aromatic carboxylic acids is 1. The van der Waals surface area contributed by atoms with Gasteiger partial charge < -0.3 is 29.5 Å². The van der Waals surface area contributed by atoms with Gasteiger partial charge in [-0.1, -0.05) is 15.9 Å². The summed E-state index contributed by atoms with van der Waals surface area (Å²) in [6.07, 6.45) is -0.700. The average Bonchev–Trinajstić information content (AvgIpc) is 2.65. The molecule has 0 aromatic heterocycles. The summed E-state index contributed by atoms with van der Waals surface area (Å²) < 4.78 is 16.9. The second kappa shape index (κ2) is 10.6. The lowest BCUT2D eigenvalue weighted by molar-refractivity contribution is -0.135. The van der Waals surface area contributed by atoms with Crippen LogP contribution in [-0.2, 0) is 14.3 Å². The number of carbonyl (C=O) groups is 3. The first-order valence-electron chi connectivity index (χ1n) is 9.56. The number of rotatable bonds is 7. The first-order chi connectivity index (χ1) is 14.0. The van der Waals surface area contributed by atoms with Crippen molar-refractivity contribution in [1.82, 2.24) is 10.2 Å². The molecule has 166 valence electrons. The third kappa shape index (κ3) is 7.83. The normalized spacial score (nSPS) is 15.3. The Bertz CT molecular complexity index is 773. The van der Waals surface area contributed by atoms with Gasteiger partial charge >= 0.3 is 12.1 Å². The summed E-state index contributed by atoms with van der Waals surface area (Å²) in [5, 5.41) is 12.0. The van der Waals surface area contributed by atoms with Crippen LogP contribution in [0, 0.1) is 0 Å². The number of nitrogens with one attached hydrogen (secondary N) is 1. The minimum absolute atomic E-state index is 0.0182. The van der Waals surface area contributed by atoms with Crippen LogP contribution in [0.15, 0.2) is 22.7 Å². The Balaban J connectivity index is 2.10. The molecule has 1 unspecified atom stereocenters. The summed E-state index contributed by atoms with van der Waals surface area (Å²) in [5.74, 6) is -1.17. The second-order valence-corrected chi connectivity index (χ2v) is 8.71. The topological polar surface area (TPSA) is 114 Å². The van der Waals surface area contributed by atoms with Gasteiger partial charge in [-0.25, -0.2) is 9.59 Å². The van der Waals surface area contributed by atoms with E-state index in [1.165, 1.54) is 12.1 Å². The van der Waals surface area contributed by atoms with Crippen molar-refractivity contribution in [2.24, 2.45) is 0 Å². The summed E-state index contributed by atoms with van der Waals surface area (Å²) >= 11 is 3.28. The number of halogens is 1. The van der Waals surface area contributed by atoms with E-state index in [-0.39, 0.29) is 30.2 Å². The van der Waals surface area contributed by atoms with E-state index in [1.807, 2.05) is 0 Å². The maximum atomic E-state index is 12.6. The van der Waals surface area contributed by atoms with Crippen LogP contribution in [0.1, 0.15) is 37.6 Å². The van der Waals surface area contributed by atoms with Gasteiger partial charge in [0.15, 0.2) is 0 Å². The van der Waals surface area contributed by atoms with Gasteiger partial charge in [-0.05, 0) is 39.0 Å². The SMILES string of the molecule is CC(C)(C)OC(=O)NC(COc1cc(Br)ccc1C(=O)O)CC(=O)N1CCOCC1. The zero-order chi connectivity index (χ0) is 22.3. The van der Waals surface area contributed by atoms with Crippen LogP contribution >= 0.6 is 15.9 Å². The first-order valence-corrected chi connectivity index (χ1v) is 10.3. The van der Waals surface area contributed by atoms with Crippen molar-refractivity contribution >= 4 is 33.9 Å². The molecule has 2 rings (SSSR count). The number of nitrogens with zero attached hydrogens (tertiary/aromatic N) is 1. The monoisotopic (exact) mass is 486 g/mol. The van der Waals surface area contributed by atoms with E-state index in [0.29, 0.717) is 30.8 Å². The van der Waals surface area contributed by atoms with Crippen LogP contribution < -0.4 is 10.1 Å². The Morgan fingerprint density at radius 2 is 1.93 bits per heavy atom. The van der Waals surface area contributed by atoms with Crippen molar-refractivity contribution in [3.63, 3.8) is 0 Å². The molecule has 0 aliphatic carbocycles. The highest BCUT2D eigenvalue weighted by atomic mass is 79.9. The number of alkyl carbamates (subject to hydrolysis) is 1. The van der Waals surface area contributed by atoms with Crippen LogP contribution in [0.3, 0.4) is 0 Å². The molecule has 10 heteroatoms. The highest BCUT2D eigenvalue weighted by Crippen LogP contribution is 2.24. The maximum absolute atomic E-state index is 12.6. The molecule has 2 N–H and O–H groups in total. The fourth-order valence-electron chi connectivity index (χ4n) is 2.76. The molecule has 0 radical (unpaired) electrons. The standard InChI is InChI=1S/C20H27BrN2O7/c1-20(2,3)30-19(27)22-14(11-17(24)23-6-8-28-9-7-23)12-29-16-10-13(21)4-5-15(16)18(25)26/h4-5,10,14H,6-9,11-12H2,1-3H3,(H,22,27)(H,25,26). The van der Waals surface area contributed by atoms with Gasteiger partial charge in [0.2, 0.25) is 5.91 Å². The van der Waals surface area contributed by atoms with Gasteiger partial charge in [0.1, 0.15) is 23.5 Å². The number of carbonyl (C=O) groups excluding carboxylic acids is 2. The minimum atomic E-state index is -1.14. The molecule has 1 aliphatic rings. The number of carboxylic acids is 1. The van der Waals surface area contributed by atoms with Crippen molar-refractivity contribution in [3.05, 3.63) is 28.2 Å². The third-order valence-corrected chi connectivity index (χ3v) is 4.61. The molecule has 0 saturated carbocycles. The summed E-state index contributed by atoms with van der Waals surface area (Å²) in [7, 11) is 0. The van der Waals surface area contributed by atoms with Crippen molar-refractivity contribution in [2.45, 2.75) is 38.8 Å². The van der Waals surface area contributed by atoms with E-state index in [9.17, 15) is 19.5 Å². The Morgan fingerprint density at radius 3 is 2.53 bits per heavy atom. The smallest absolute Gasteiger partial charge is 0.408 e. The Labute approximate surface area is 183 Å². The third-order valence-electron chi connectivity index (χ3n) is 4.12.